The Morgan fingerprint density at radius 3 is 1.71 bits per heavy atom. The molecule has 14 heavy (non-hydrogen) atoms. The fourth-order valence-electron chi connectivity index (χ4n) is 2.08. The van der Waals surface area contributed by atoms with E-state index in [0.717, 1.165) is 12.5 Å². The summed E-state index contributed by atoms with van der Waals surface area (Å²) in [5.41, 5.74) is 5.78. The van der Waals surface area contributed by atoms with Gasteiger partial charge in [0.2, 0.25) is 0 Å². The van der Waals surface area contributed by atoms with Crippen molar-refractivity contribution in [2.24, 2.45) is 11.7 Å². The van der Waals surface area contributed by atoms with E-state index < -0.39 is 0 Å². The summed E-state index contributed by atoms with van der Waals surface area (Å²) < 4.78 is 0. The van der Waals surface area contributed by atoms with Gasteiger partial charge in [-0.05, 0) is 12.8 Å². The molecule has 0 amide bonds. The van der Waals surface area contributed by atoms with Crippen LogP contribution in [-0.4, -0.2) is 55.1 Å². The SMILES string of the molecule is CC(C)CN1CCN(C[C@H](C)N)CC1. The first-order chi connectivity index (χ1) is 6.58. The summed E-state index contributed by atoms with van der Waals surface area (Å²) in [6.07, 6.45) is 0. The maximum atomic E-state index is 5.78. The van der Waals surface area contributed by atoms with Crippen LogP contribution in [0.3, 0.4) is 0 Å². The zero-order valence-corrected chi connectivity index (χ0v) is 9.87. The first kappa shape index (κ1) is 12.0. The monoisotopic (exact) mass is 199 g/mol. The van der Waals surface area contributed by atoms with Crippen molar-refractivity contribution >= 4 is 0 Å². The topological polar surface area (TPSA) is 32.5 Å². The molecule has 0 aliphatic carbocycles. The molecule has 0 aromatic rings. The quantitative estimate of drug-likeness (QED) is 0.720. The van der Waals surface area contributed by atoms with Crippen molar-refractivity contribution in [1.82, 2.24) is 9.80 Å². The highest BCUT2D eigenvalue weighted by Gasteiger charge is 2.17. The number of rotatable bonds is 4. The molecule has 0 bridgehead atoms. The van der Waals surface area contributed by atoms with Crippen LogP contribution < -0.4 is 5.73 Å². The number of hydrogen-bond donors (Lipinski definition) is 1. The Morgan fingerprint density at radius 2 is 1.36 bits per heavy atom. The largest absolute Gasteiger partial charge is 0.327 e. The first-order valence-electron chi connectivity index (χ1n) is 5.78. The molecule has 1 atom stereocenters. The van der Waals surface area contributed by atoms with E-state index in [2.05, 4.69) is 30.6 Å². The van der Waals surface area contributed by atoms with Gasteiger partial charge in [-0.15, -0.1) is 0 Å². The van der Waals surface area contributed by atoms with Gasteiger partial charge in [0.15, 0.2) is 0 Å². The average molecular weight is 199 g/mol. The van der Waals surface area contributed by atoms with E-state index in [1.54, 1.807) is 0 Å². The summed E-state index contributed by atoms with van der Waals surface area (Å²) in [5, 5.41) is 0. The second kappa shape index (κ2) is 5.69. The van der Waals surface area contributed by atoms with Crippen molar-refractivity contribution in [3.05, 3.63) is 0 Å². The van der Waals surface area contributed by atoms with Crippen LogP contribution in [0.1, 0.15) is 20.8 Å². The maximum absolute atomic E-state index is 5.78. The smallest absolute Gasteiger partial charge is 0.0139 e. The summed E-state index contributed by atoms with van der Waals surface area (Å²) in [7, 11) is 0. The Balaban J connectivity index is 2.17. The molecule has 0 radical (unpaired) electrons. The molecule has 0 saturated carbocycles. The predicted octanol–water partition coefficient (Wildman–Crippen LogP) is 0.607. The van der Waals surface area contributed by atoms with Gasteiger partial charge in [-0.1, -0.05) is 13.8 Å². The van der Waals surface area contributed by atoms with Crippen LogP contribution in [-0.2, 0) is 0 Å². The number of nitrogens with zero attached hydrogens (tertiary/aromatic N) is 2. The number of hydrogen-bond acceptors (Lipinski definition) is 3. The minimum absolute atomic E-state index is 0.312. The van der Waals surface area contributed by atoms with E-state index in [1.165, 1.54) is 32.7 Å². The molecule has 0 unspecified atom stereocenters. The summed E-state index contributed by atoms with van der Waals surface area (Å²) >= 11 is 0. The molecule has 3 nitrogen and oxygen atoms in total. The normalized spacial score (nSPS) is 22.9. The van der Waals surface area contributed by atoms with Crippen molar-refractivity contribution in [1.29, 1.82) is 0 Å². The van der Waals surface area contributed by atoms with E-state index in [0.29, 0.717) is 6.04 Å². The molecular weight excluding hydrogens is 174 g/mol. The van der Waals surface area contributed by atoms with Gasteiger partial charge < -0.3 is 10.6 Å². The first-order valence-corrected chi connectivity index (χ1v) is 5.78. The molecule has 1 rings (SSSR count). The third kappa shape index (κ3) is 4.40. The number of nitrogens with two attached hydrogens (primary N) is 1. The highest BCUT2D eigenvalue weighted by Crippen LogP contribution is 2.05. The molecule has 1 aliphatic heterocycles. The van der Waals surface area contributed by atoms with Gasteiger partial charge in [0.05, 0.1) is 0 Å². The lowest BCUT2D eigenvalue weighted by Crippen LogP contribution is -2.49. The predicted molar refractivity (Wildman–Crippen MR) is 61.4 cm³/mol. The van der Waals surface area contributed by atoms with Gasteiger partial charge in [0, 0.05) is 45.3 Å². The highest BCUT2D eigenvalue weighted by atomic mass is 15.3. The van der Waals surface area contributed by atoms with Crippen LogP contribution in [0.2, 0.25) is 0 Å². The summed E-state index contributed by atoms with van der Waals surface area (Å²) in [4.78, 5) is 5.03. The fraction of sp³-hybridized carbons (Fsp3) is 1.00. The van der Waals surface area contributed by atoms with Crippen molar-refractivity contribution in [3.8, 4) is 0 Å². The van der Waals surface area contributed by atoms with Crippen LogP contribution in [0.4, 0.5) is 0 Å². The Labute approximate surface area is 88.2 Å². The van der Waals surface area contributed by atoms with E-state index >= 15 is 0 Å². The summed E-state index contributed by atoms with van der Waals surface area (Å²) in [6, 6.07) is 0.312. The van der Waals surface area contributed by atoms with Crippen molar-refractivity contribution < 1.29 is 0 Å². The molecule has 1 fully saturated rings. The van der Waals surface area contributed by atoms with Crippen LogP contribution in [0, 0.1) is 5.92 Å². The van der Waals surface area contributed by atoms with Crippen LogP contribution in [0.25, 0.3) is 0 Å². The number of piperazine rings is 1. The Morgan fingerprint density at radius 1 is 0.929 bits per heavy atom. The van der Waals surface area contributed by atoms with Crippen molar-refractivity contribution in [3.63, 3.8) is 0 Å². The minimum Gasteiger partial charge on any atom is -0.327 e. The zero-order valence-electron chi connectivity index (χ0n) is 9.87. The molecule has 84 valence electrons. The van der Waals surface area contributed by atoms with E-state index in [-0.39, 0.29) is 0 Å². The lowest BCUT2D eigenvalue weighted by Gasteiger charge is -2.36. The maximum Gasteiger partial charge on any atom is 0.0139 e. The van der Waals surface area contributed by atoms with Crippen molar-refractivity contribution in [2.75, 3.05) is 39.3 Å². The second-order valence-electron chi connectivity index (χ2n) is 4.97. The highest BCUT2D eigenvalue weighted by molar-refractivity contribution is 4.74. The molecule has 0 spiro atoms. The molecule has 1 saturated heterocycles. The van der Waals surface area contributed by atoms with Gasteiger partial charge in [-0.3, -0.25) is 4.90 Å². The van der Waals surface area contributed by atoms with E-state index in [4.69, 9.17) is 5.73 Å². The van der Waals surface area contributed by atoms with Crippen LogP contribution >= 0.6 is 0 Å². The molecule has 0 aromatic heterocycles. The third-order valence-corrected chi connectivity index (χ3v) is 2.63. The van der Waals surface area contributed by atoms with Gasteiger partial charge in [-0.25, -0.2) is 0 Å². The van der Waals surface area contributed by atoms with E-state index in [9.17, 15) is 0 Å². The summed E-state index contributed by atoms with van der Waals surface area (Å²) in [5.74, 6) is 0.787. The van der Waals surface area contributed by atoms with Gasteiger partial charge in [-0.2, -0.15) is 0 Å². The Kier molecular flexibility index (Phi) is 4.85. The van der Waals surface area contributed by atoms with E-state index in [1.807, 2.05) is 0 Å². The fourth-order valence-corrected chi connectivity index (χ4v) is 2.08. The van der Waals surface area contributed by atoms with Gasteiger partial charge in [0.1, 0.15) is 0 Å². The third-order valence-electron chi connectivity index (χ3n) is 2.63. The molecule has 1 heterocycles. The van der Waals surface area contributed by atoms with Crippen molar-refractivity contribution in [2.45, 2.75) is 26.8 Å². The minimum atomic E-state index is 0.312. The molecule has 3 heteroatoms. The van der Waals surface area contributed by atoms with Crippen LogP contribution in [0.5, 0.6) is 0 Å². The van der Waals surface area contributed by atoms with Gasteiger partial charge in [0.25, 0.3) is 0 Å². The standard InChI is InChI=1S/C11H25N3/c1-10(2)8-13-4-6-14(7-5-13)9-11(3)12/h10-11H,4-9,12H2,1-3H3/t11-/m0/s1. The molecule has 2 N–H and O–H groups in total. The second-order valence-corrected chi connectivity index (χ2v) is 4.97. The lowest BCUT2D eigenvalue weighted by molar-refractivity contribution is 0.119. The molecule has 0 aromatic carbocycles. The zero-order chi connectivity index (χ0) is 10.6. The Bertz CT molecular complexity index is 131. The summed E-state index contributed by atoms with van der Waals surface area (Å²) in [6.45, 7) is 13.8. The lowest BCUT2D eigenvalue weighted by atomic mass is 10.2. The van der Waals surface area contributed by atoms with Crippen LogP contribution in [0.15, 0.2) is 0 Å². The average Bonchev–Trinajstić information content (AvgIpc) is 2.06. The molecular formula is C11H25N3. The Hall–Kier alpha value is -0.120. The van der Waals surface area contributed by atoms with Gasteiger partial charge >= 0.3 is 0 Å². The molecule has 1 aliphatic rings.